The Balaban J connectivity index is 1.29. The average Bonchev–Trinajstić information content (AvgIpc) is 2.92. The molecule has 178 valence electrons. The second-order valence-corrected chi connectivity index (χ2v) is 8.40. The Morgan fingerprint density at radius 2 is 1.69 bits per heavy atom. The van der Waals surface area contributed by atoms with Gasteiger partial charge in [-0.15, -0.1) is 0 Å². The first-order valence-corrected chi connectivity index (χ1v) is 11.5. The van der Waals surface area contributed by atoms with Crippen LogP contribution in [0.4, 0.5) is 15.8 Å². The lowest BCUT2D eigenvalue weighted by atomic mass is 10.1. The van der Waals surface area contributed by atoms with E-state index < -0.39 is 5.82 Å². The SMILES string of the molecule is COc1cc(N2CC=Cc3ccccc32)ccc1C(=O)N1CCN(C(=O)c2ccc(F)cn2)CC1. The Hall–Kier alpha value is -4.20. The van der Waals surface area contributed by atoms with E-state index in [-0.39, 0.29) is 17.5 Å². The monoisotopic (exact) mass is 472 g/mol. The van der Waals surface area contributed by atoms with Crippen LogP contribution in [0.5, 0.6) is 5.75 Å². The number of piperazine rings is 1. The van der Waals surface area contributed by atoms with E-state index in [0.29, 0.717) is 37.5 Å². The first kappa shape index (κ1) is 22.6. The van der Waals surface area contributed by atoms with Gasteiger partial charge in [0.05, 0.1) is 18.9 Å². The van der Waals surface area contributed by atoms with Gasteiger partial charge in [-0.25, -0.2) is 9.37 Å². The van der Waals surface area contributed by atoms with Gasteiger partial charge in [-0.05, 0) is 35.9 Å². The number of nitrogens with zero attached hydrogens (tertiary/aromatic N) is 4. The van der Waals surface area contributed by atoms with E-state index in [2.05, 4.69) is 34.2 Å². The number of amides is 2. The van der Waals surface area contributed by atoms with Crippen LogP contribution in [0.1, 0.15) is 26.4 Å². The van der Waals surface area contributed by atoms with Gasteiger partial charge in [0.15, 0.2) is 0 Å². The number of fused-ring (bicyclic) bond motifs is 1. The van der Waals surface area contributed by atoms with Crippen LogP contribution in [0.15, 0.2) is 66.9 Å². The highest BCUT2D eigenvalue weighted by Crippen LogP contribution is 2.35. The number of carbonyl (C=O) groups excluding carboxylic acids is 2. The number of pyridine rings is 1. The van der Waals surface area contributed by atoms with Crippen molar-refractivity contribution >= 4 is 29.3 Å². The summed E-state index contributed by atoms with van der Waals surface area (Å²) in [5.41, 5.74) is 3.86. The van der Waals surface area contributed by atoms with Crippen LogP contribution in [-0.2, 0) is 0 Å². The fourth-order valence-corrected chi connectivity index (χ4v) is 4.47. The molecule has 0 bridgehead atoms. The third kappa shape index (κ3) is 4.47. The van der Waals surface area contributed by atoms with Crippen molar-refractivity contribution in [2.24, 2.45) is 0 Å². The first-order valence-electron chi connectivity index (χ1n) is 11.5. The van der Waals surface area contributed by atoms with Gasteiger partial charge < -0.3 is 19.4 Å². The Kier molecular flexibility index (Phi) is 6.18. The van der Waals surface area contributed by atoms with Gasteiger partial charge in [0.1, 0.15) is 17.3 Å². The normalized spacial score (nSPS) is 15.1. The molecule has 5 rings (SSSR count). The number of aromatic nitrogens is 1. The molecule has 0 radical (unpaired) electrons. The van der Waals surface area contributed by atoms with Crippen LogP contribution < -0.4 is 9.64 Å². The van der Waals surface area contributed by atoms with Gasteiger partial charge in [0, 0.05) is 50.2 Å². The second-order valence-electron chi connectivity index (χ2n) is 8.40. The lowest BCUT2D eigenvalue weighted by Gasteiger charge is -2.35. The Bertz CT molecular complexity index is 1280. The molecule has 2 aliphatic rings. The maximum atomic E-state index is 13.3. The Morgan fingerprint density at radius 3 is 2.40 bits per heavy atom. The lowest BCUT2D eigenvalue weighted by Crippen LogP contribution is -2.50. The minimum atomic E-state index is -0.488. The molecule has 2 aromatic carbocycles. The van der Waals surface area contributed by atoms with E-state index in [4.69, 9.17) is 4.74 Å². The van der Waals surface area contributed by atoms with E-state index in [9.17, 15) is 14.0 Å². The summed E-state index contributed by atoms with van der Waals surface area (Å²) in [7, 11) is 1.56. The maximum Gasteiger partial charge on any atom is 0.272 e. The molecule has 2 aliphatic heterocycles. The topological polar surface area (TPSA) is 66.0 Å². The van der Waals surface area contributed by atoms with Gasteiger partial charge in [-0.1, -0.05) is 30.4 Å². The number of ether oxygens (including phenoxy) is 1. The first-order chi connectivity index (χ1) is 17.0. The summed E-state index contributed by atoms with van der Waals surface area (Å²) in [5, 5.41) is 0. The molecule has 0 N–H and O–H groups in total. The molecule has 1 saturated heterocycles. The fraction of sp³-hybridized carbons (Fsp3) is 0.222. The standard InChI is InChI=1S/C27H25FN4O3/c1-35-25-17-21(32-12-4-6-19-5-2-3-7-24(19)32)9-10-22(25)26(33)30-13-15-31(16-14-30)27(34)23-11-8-20(28)18-29-23/h2-11,17-18H,12-16H2,1H3. The van der Waals surface area contributed by atoms with Crippen molar-refractivity contribution < 1.29 is 18.7 Å². The van der Waals surface area contributed by atoms with E-state index in [1.807, 2.05) is 24.3 Å². The van der Waals surface area contributed by atoms with E-state index in [0.717, 1.165) is 29.7 Å². The second kappa shape index (κ2) is 9.58. The summed E-state index contributed by atoms with van der Waals surface area (Å²) in [6, 6.07) is 16.4. The number of benzene rings is 2. The molecule has 2 amide bonds. The zero-order chi connectivity index (χ0) is 24.4. The van der Waals surface area contributed by atoms with E-state index in [1.165, 1.54) is 12.1 Å². The summed E-state index contributed by atoms with van der Waals surface area (Å²) in [5.74, 6) is -0.388. The number of methoxy groups -OCH3 is 1. The molecule has 0 atom stereocenters. The lowest BCUT2D eigenvalue weighted by molar-refractivity contribution is 0.0530. The number of hydrogen-bond donors (Lipinski definition) is 0. The van der Waals surface area contributed by atoms with Crippen molar-refractivity contribution in [1.82, 2.24) is 14.8 Å². The zero-order valence-electron chi connectivity index (χ0n) is 19.4. The van der Waals surface area contributed by atoms with Crippen LogP contribution in [0.2, 0.25) is 0 Å². The summed E-state index contributed by atoms with van der Waals surface area (Å²) in [6.07, 6.45) is 5.25. The molecule has 0 saturated carbocycles. The van der Waals surface area contributed by atoms with Crippen molar-refractivity contribution in [1.29, 1.82) is 0 Å². The molecule has 3 aromatic rings. The van der Waals surface area contributed by atoms with Crippen LogP contribution in [0, 0.1) is 5.82 Å². The summed E-state index contributed by atoms with van der Waals surface area (Å²) in [4.78, 5) is 35.4. The molecule has 8 heteroatoms. The number of hydrogen-bond acceptors (Lipinski definition) is 5. The molecule has 0 unspecified atom stereocenters. The summed E-state index contributed by atoms with van der Waals surface area (Å²) >= 11 is 0. The van der Waals surface area contributed by atoms with Crippen LogP contribution in [0.3, 0.4) is 0 Å². The van der Waals surface area contributed by atoms with Gasteiger partial charge >= 0.3 is 0 Å². The fourth-order valence-electron chi connectivity index (χ4n) is 4.47. The predicted octanol–water partition coefficient (Wildman–Crippen LogP) is 3.99. The number of anilines is 2. The molecule has 0 aliphatic carbocycles. The molecule has 3 heterocycles. The number of carbonyl (C=O) groups is 2. The zero-order valence-corrected chi connectivity index (χ0v) is 19.4. The highest BCUT2D eigenvalue weighted by Gasteiger charge is 2.28. The number of halogens is 1. The van der Waals surface area contributed by atoms with Crippen LogP contribution in [0.25, 0.3) is 6.08 Å². The van der Waals surface area contributed by atoms with Crippen molar-refractivity contribution in [2.45, 2.75) is 0 Å². The minimum Gasteiger partial charge on any atom is -0.496 e. The van der Waals surface area contributed by atoms with Gasteiger partial charge in [0.25, 0.3) is 11.8 Å². The van der Waals surface area contributed by atoms with Crippen molar-refractivity contribution in [2.75, 3.05) is 44.7 Å². The number of para-hydroxylation sites is 1. The maximum absolute atomic E-state index is 13.3. The minimum absolute atomic E-state index is 0.139. The molecular weight excluding hydrogens is 447 g/mol. The summed E-state index contributed by atoms with van der Waals surface area (Å²) < 4.78 is 18.7. The Labute approximate surface area is 203 Å². The van der Waals surface area contributed by atoms with E-state index in [1.54, 1.807) is 23.0 Å². The highest BCUT2D eigenvalue weighted by molar-refractivity contribution is 5.98. The van der Waals surface area contributed by atoms with Crippen molar-refractivity contribution in [3.63, 3.8) is 0 Å². The average molecular weight is 473 g/mol. The van der Waals surface area contributed by atoms with Crippen LogP contribution in [-0.4, -0.2) is 66.4 Å². The Morgan fingerprint density at radius 1 is 0.943 bits per heavy atom. The molecule has 35 heavy (non-hydrogen) atoms. The molecule has 7 nitrogen and oxygen atoms in total. The third-order valence-electron chi connectivity index (χ3n) is 6.34. The molecule has 0 spiro atoms. The van der Waals surface area contributed by atoms with E-state index >= 15 is 0 Å². The predicted molar refractivity (Wildman–Crippen MR) is 131 cm³/mol. The summed E-state index contributed by atoms with van der Waals surface area (Å²) in [6.45, 7) is 2.26. The van der Waals surface area contributed by atoms with Gasteiger partial charge in [0.2, 0.25) is 0 Å². The third-order valence-corrected chi connectivity index (χ3v) is 6.34. The number of rotatable bonds is 4. The van der Waals surface area contributed by atoms with Crippen LogP contribution >= 0.6 is 0 Å². The van der Waals surface area contributed by atoms with Crippen molar-refractivity contribution in [3.8, 4) is 5.75 Å². The van der Waals surface area contributed by atoms with Gasteiger partial charge in [-0.3, -0.25) is 9.59 Å². The molecular formula is C27H25FN4O3. The molecule has 1 fully saturated rings. The molecule has 1 aromatic heterocycles. The highest BCUT2D eigenvalue weighted by atomic mass is 19.1. The van der Waals surface area contributed by atoms with Crippen molar-refractivity contribution in [3.05, 3.63) is 89.5 Å². The largest absolute Gasteiger partial charge is 0.496 e. The van der Waals surface area contributed by atoms with Gasteiger partial charge in [-0.2, -0.15) is 0 Å². The quantitative estimate of drug-likeness (QED) is 0.575. The smallest absolute Gasteiger partial charge is 0.272 e.